The minimum atomic E-state index is -0.00354. The lowest BCUT2D eigenvalue weighted by Crippen LogP contribution is -2.09. The standard InChI is InChI=1S/C19H19NO/c1-2-17(20)16-11-5-6-12-19(16)21-18-13-7-9-14-8-3-4-10-15(14)18/h3-13,17H,2,20H2,1H3/t17-/m0/s1. The highest BCUT2D eigenvalue weighted by Gasteiger charge is 2.11. The van der Waals surface area contributed by atoms with Crippen LogP contribution in [0.4, 0.5) is 0 Å². The van der Waals surface area contributed by atoms with E-state index >= 15 is 0 Å². The van der Waals surface area contributed by atoms with Gasteiger partial charge in [-0.3, -0.25) is 0 Å². The summed E-state index contributed by atoms with van der Waals surface area (Å²) < 4.78 is 6.17. The average molecular weight is 277 g/mol. The second-order valence-corrected chi connectivity index (χ2v) is 5.13. The SMILES string of the molecule is CC[C@H](N)c1ccccc1Oc1cccc2ccccc12. The molecule has 0 spiro atoms. The Morgan fingerprint density at radius 2 is 1.52 bits per heavy atom. The van der Waals surface area contributed by atoms with Crippen LogP contribution in [0, 0.1) is 0 Å². The van der Waals surface area contributed by atoms with Gasteiger partial charge in [-0.2, -0.15) is 0 Å². The molecule has 0 aliphatic heterocycles. The Kier molecular flexibility index (Phi) is 3.89. The summed E-state index contributed by atoms with van der Waals surface area (Å²) in [6.45, 7) is 2.08. The van der Waals surface area contributed by atoms with Crippen LogP contribution in [-0.2, 0) is 0 Å². The molecule has 1 atom stereocenters. The fraction of sp³-hybridized carbons (Fsp3) is 0.158. The Morgan fingerprint density at radius 1 is 0.857 bits per heavy atom. The number of rotatable bonds is 4. The molecule has 0 saturated carbocycles. The summed E-state index contributed by atoms with van der Waals surface area (Å²) in [5, 5.41) is 2.28. The summed E-state index contributed by atoms with van der Waals surface area (Å²) in [6, 6.07) is 22.3. The van der Waals surface area contributed by atoms with Gasteiger partial charge in [0.1, 0.15) is 11.5 Å². The number of fused-ring (bicyclic) bond motifs is 1. The highest BCUT2D eigenvalue weighted by molar-refractivity contribution is 5.88. The summed E-state index contributed by atoms with van der Waals surface area (Å²) in [5.41, 5.74) is 7.23. The van der Waals surface area contributed by atoms with Crippen molar-refractivity contribution < 1.29 is 4.74 Å². The molecule has 0 unspecified atom stereocenters. The molecule has 2 N–H and O–H groups in total. The van der Waals surface area contributed by atoms with E-state index in [1.165, 1.54) is 5.39 Å². The molecule has 0 heterocycles. The molecule has 106 valence electrons. The predicted octanol–water partition coefficient (Wildman–Crippen LogP) is 5.04. The first-order valence-electron chi connectivity index (χ1n) is 7.29. The lowest BCUT2D eigenvalue weighted by molar-refractivity contribution is 0.474. The molecule has 2 nitrogen and oxygen atoms in total. The topological polar surface area (TPSA) is 35.2 Å². The van der Waals surface area contributed by atoms with E-state index in [0.717, 1.165) is 28.9 Å². The Hall–Kier alpha value is -2.32. The van der Waals surface area contributed by atoms with Gasteiger partial charge in [-0.05, 0) is 23.9 Å². The van der Waals surface area contributed by atoms with Crippen molar-refractivity contribution in [3.05, 3.63) is 72.3 Å². The maximum atomic E-state index is 6.18. The molecular weight excluding hydrogens is 258 g/mol. The monoisotopic (exact) mass is 277 g/mol. The zero-order chi connectivity index (χ0) is 14.7. The zero-order valence-corrected chi connectivity index (χ0v) is 12.1. The minimum Gasteiger partial charge on any atom is -0.456 e. The van der Waals surface area contributed by atoms with Gasteiger partial charge in [-0.25, -0.2) is 0 Å². The lowest BCUT2D eigenvalue weighted by atomic mass is 10.0. The maximum Gasteiger partial charge on any atom is 0.135 e. The van der Waals surface area contributed by atoms with E-state index in [4.69, 9.17) is 10.5 Å². The molecule has 3 rings (SSSR count). The normalized spacial score (nSPS) is 12.3. The third kappa shape index (κ3) is 2.76. The van der Waals surface area contributed by atoms with E-state index in [1.807, 2.05) is 48.5 Å². The maximum absolute atomic E-state index is 6.18. The largest absolute Gasteiger partial charge is 0.456 e. The molecule has 0 saturated heterocycles. The number of hydrogen-bond donors (Lipinski definition) is 1. The highest BCUT2D eigenvalue weighted by Crippen LogP contribution is 2.33. The summed E-state index contributed by atoms with van der Waals surface area (Å²) in [7, 11) is 0. The van der Waals surface area contributed by atoms with Crippen molar-refractivity contribution in [1.82, 2.24) is 0 Å². The van der Waals surface area contributed by atoms with Crippen molar-refractivity contribution in [3.63, 3.8) is 0 Å². The summed E-state index contributed by atoms with van der Waals surface area (Å²) >= 11 is 0. The van der Waals surface area contributed by atoms with E-state index in [-0.39, 0.29) is 6.04 Å². The minimum absolute atomic E-state index is 0.00354. The molecule has 2 heteroatoms. The molecule has 3 aromatic rings. The van der Waals surface area contributed by atoms with Gasteiger partial charge in [0.15, 0.2) is 0 Å². The van der Waals surface area contributed by atoms with E-state index in [0.29, 0.717) is 0 Å². The van der Waals surface area contributed by atoms with Crippen molar-refractivity contribution in [1.29, 1.82) is 0 Å². The molecule has 0 aliphatic rings. The van der Waals surface area contributed by atoms with Crippen molar-refractivity contribution in [2.45, 2.75) is 19.4 Å². The first-order chi connectivity index (χ1) is 10.3. The molecule has 21 heavy (non-hydrogen) atoms. The molecule has 0 amide bonds. The van der Waals surface area contributed by atoms with Crippen LogP contribution >= 0.6 is 0 Å². The van der Waals surface area contributed by atoms with Crippen LogP contribution in [0.25, 0.3) is 10.8 Å². The molecular formula is C19H19NO. The van der Waals surface area contributed by atoms with Crippen molar-refractivity contribution in [2.24, 2.45) is 5.73 Å². The molecule has 0 bridgehead atoms. The Balaban J connectivity index is 2.03. The second kappa shape index (κ2) is 5.98. The van der Waals surface area contributed by atoms with Crippen LogP contribution in [0.3, 0.4) is 0 Å². The summed E-state index contributed by atoms with van der Waals surface area (Å²) in [6.07, 6.45) is 0.885. The van der Waals surface area contributed by atoms with Gasteiger partial charge < -0.3 is 10.5 Å². The van der Waals surface area contributed by atoms with Crippen LogP contribution in [0.2, 0.25) is 0 Å². The van der Waals surface area contributed by atoms with Gasteiger partial charge >= 0.3 is 0 Å². The number of nitrogens with two attached hydrogens (primary N) is 1. The molecule has 0 aromatic heterocycles. The summed E-state index contributed by atoms with van der Waals surface area (Å²) in [5.74, 6) is 1.70. The first-order valence-corrected chi connectivity index (χ1v) is 7.29. The van der Waals surface area contributed by atoms with Gasteiger partial charge in [0.25, 0.3) is 0 Å². The molecule has 0 fully saturated rings. The third-order valence-corrected chi connectivity index (χ3v) is 3.73. The molecule has 3 aromatic carbocycles. The fourth-order valence-electron chi connectivity index (χ4n) is 2.50. The van der Waals surface area contributed by atoms with E-state index in [2.05, 4.69) is 25.1 Å². The van der Waals surface area contributed by atoms with Crippen molar-refractivity contribution in [3.8, 4) is 11.5 Å². The van der Waals surface area contributed by atoms with E-state index in [1.54, 1.807) is 0 Å². The van der Waals surface area contributed by atoms with Gasteiger partial charge in [0.2, 0.25) is 0 Å². The van der Waals surface area contributed by atoms with Crippen LogP contribution in [-0.4, -0.2) is 0 Å². The van der Waals surface area contributed by atoms with Crippen molar-refractivity contribution >= 4 is 10.8 Å². The van der Waals surface area contributed by atoms with Gasteiger partial charge in [0.05, 0.1) is 0 Å². The van der Waals surface area contributed by atoms with E-state index < -0.39 is 0 Å². The van der Waals surface area contributed by atoms with Crippen LogP contribution in [0.5, 0.6) is 11.5 Å². The predicted molar refractivity (Wildman–Crippen MR) is 87.7 cm³/mol. The molecule has 0 radical (unpaired) electrons. The van der Waals surface area contributed by atoms with Crippen LogP contribution in [0.1, 0.15) is 24.9 Å². The third-order valence-electron chi connectivity index (χ3n) is 3.73. The number of benzene rings is 3. The molecule has 0 aliphatic carbocycles. The lowest BCUT2D eigenvalue weighted by Gasteiger charge is -2.16. The zero-order valence-electron chi connectivity index (χ0n) is 12.1. The first kappa shape index (κ1) is 13.7. The fourth-order valence-corrected chi connectivity index (χ4v) is 2.50. The number of hydrogen-bond acceptors (Lipinski definition) is 2. The van der Waals surface area contributed by atoms with Gasteiger partial charge in [-0.1, -0.05) is 61.5 Å². The number of ether oxygens (including phenoxy) is 1. The van der Waals surface area contributed by atoms with Crippen molar-refractivity contribution in [2.75, 3.05) is 0 Å². The van der Waals surface area contributed by atoms with Gasteiger partial charge in [0, 0.05) is 17.0 Å². The summed E-state index contributed by atoms with van der Waals surface area (Å²) in [4.78, 5) is 0. The Bertz CT molecular complexity index is 746. The number of para-hydroxylation sites is 1. The quantitative estimate of drug-likeness (QED) is 0.725. The highest BCUT2D eigenvalue weighted by atomic mass is 16.5. The van der Waals surface area contributed by atoms with Crippen LogP contribution in [0.15, 0.2) is 66.7 Å². The second-order valence-electron chi connectivity index (χ2n) is 5.13. The van der Waals surface area contributed by atoms with Crippen LogP contribution < -0.4 is 10.5 Å². The van der Waals surface area contributed by atoms with E-state index in [9.17, 15) is 0 Å². The smallest absolute Gasteiger partial charge is 0.135 e. The Morgan fingerprint density at radius 3 is 2.38 bits per heavy atom. The average Bonchev–Trinajstić information content (AvgIpc) is 2.55. The van der Waals surface area contributed by atoms with Gasteiger partial charge in [-0.15, -0.1) is 0 Å². The Labute approximate surface area is 125 Å².